The standard InChI is InChI=1S/C24H31N3O4S/c1-16-17(2)23(10-9-22(16)31-4)32(29,30)27-15-20(19-7-5-6-8-21(19)27)24(28)25-18-11-13-26(3)14-12-18/h5-10,18,20H,11-15H2,1-4H3,(H,25,28)/t20-/m0/s1. The summed E-state index contributed by atoms with van der Waals surface area (Å²) in [6.07, 6.45) is 1.81. The molecular formula is C24H31N3O4S. The van der Waals surface area contributed by atoms with Gasteiger partial charge in [-0.15, -0.1) is 0 Å². The second-order valence-electron chi connectivity index (χ2n) is 8.75. The predicted molar refractivity (Wildman–Crippen MR) is 125 cm³/mol. The number of rotatable bonds is 5. The van der Waals surface area contributed by atoms with Crippen LogP contribution in [0.2, 0.25) is 0 Å². The van der Waals surface area contributed by atoms with E-state index in [1.54, 1.807) is 32.2 Å². The molecule has 1 saturated heterocycles. The summed E-state index contributed by atoms with van der Waals surface area (Å²) >= 11 is 0. The molecule has 2 aliphatic heterocycles. The van der Waals surface area contributed by atoms with E-state index in [1.807, 2.05) is 25.1 Å². The van der Waals surface area contributed by atoms with E-state index in [0.29, 0.717) is 17.0 Å². The molecule has 1 atom stereocenters. The molecule has 7 nitrogen and oxygen atoms in total. The lowest BCUT2D eigenvalue weighted by molar-refractivity contribution is -0.123. The Hall–Kier alpha value is -2.58. The van der Waals surface area contributed by atoms with Crippen molar-refractivity contribution in [3.05, 3.63) is 53.1 Å². The number of para-hydroxylation sites is 1. The topological polar surface area (TPSA) is 79.0 Å². The third-order valence-electron chi connectivity index (χ3n) is 6.79. The zero-order valence-electron chi connectivity index (χ0n) is 19.1. The Labute approximate surface area is 190 Å². The molecule has 8 heteroatoms. The van der Waals surface area contributed by atoms with E-state index in [1.165, 1.54) is 4.31 Å². The van der Waals surface area contributed by atoms with Gasteiger partial charge in [-0.05, 0) is 81.7 Å². The molecule has 0 spiro atoms. The smallest absolute Gasteiger partial charge is 0.264 e. The summed E-state index contributed by atoms with van der Waals surface area (Å²) in [6, 6.07) is 10.7. The maximum absolute atomic E-state index is 13.7. The number of carbonyl (C=O) groups is 1. The van der Waals surface area contributed by atoms with Gasteiger partial charge in [0.1, 0.15) is 5.75 Å². The Kier molecular flexibility index (Phi) is 6.18. The lowest BCUT2D eigenvalue weighted by Gasteiger charge is -2.30. The molecule has 1 amide bonds. The first-order valence-electron chi connectivity index (χ1n) is 11.0. The molecule has 0 unspecified atom stereocenters. The molecule has 0 aromatic heterocycles. The van der Waals surface area contributed by atoms with Crippen LogP contribution in [0.4, 0.5) is 5.69 Å². The molecule has 172 valence electrons. The van der Waals surface area contributed by atoms with Crippen LogP contribution in [0.5, 0.6) is 5.75 Å². The Morgan fingerprint density at radius 3 is 2.44 bits per heavy atom. The third-order valence-corrected chi connectivity index (χ3v) is 8.71. The van der Waals surface area contributed by atoms with Crippen LogP contribution in [0.1, 0.15) is 35.4 Å². The molecule has 0 saturated carbocycles. The number of amides is 1. The predicted octanol–water partition coefficient (Wildman–Crippen LogP) is 2.81. The molecule has 4 rings (SSSR count). The zero-order chi connectivity index (χ0) is 23.0. The van der Waals surface area contributed by atoms with Gasteiger partial charge < -0.3 is 15.0 Å². The van der Waals surface area contributed by atoms with E-state index >= 15 is 0 Å². The molecule has 0 bridgehead atoms. The van der Waals surface area contributed by atoms with Crippen LogP contribution in [-0.4, -0.2) is 59.1 Å². The molecule has 1 fully saturated rings. The molecule has 0 radical (unpaired) electrons. The first kappa shape index (κ1) is 22.6. The number of anilines is 1. The van der Waals surface area contributed by atoms with Crippen LogP contribution >= 0.6 is 0 Å². The van der Waals surface area contributed by atoms with Crippen molar-refractivity contribution in [2.24, 2.45) is 0 Å². The van der Waals surface area contributed by atoms with Crippen molar-refractivity contribution in [2.75, 3.05) is 38.1 Å². The van der Waals surface area contributed by atoms with E-state index in [9.17, 15) is 13.2 Å². The number of ether oxygens (including phenoxy) is 1. The fourth-order valence-electron chi connectivity index (χ4n) is 4.67. The van der Waals surface area contributed by atoms with Crippen LogP contribution in [0.3, 0.4) is 0 Å². The average molecular weight is 458 g/mol. The molecule has 2 aliphatic rings. The van der Waals surface area contributed by atoms with Gasteiger partial charge in [-0.3, -0.25) is 9.10 Å². The minimum absolute atomic E-state index is 0.102. The monoisotopic (exact) mass is 457 g/mol. The number of nitrogens with one attached hydrogen (secondary N) is 1. The second-order valence-corrected chi connectivity index (χ2v) is 10.6. The van der Waals surface area contributed by atoms with Gasteiger partial charge in [-0.1, -0.05) is 18.2 Å². The summed E-state index contributed by atoms with van der Waals surface area (Å²) in [5.41, 5.74) is 2.77. The van der Waals surface area contributed by atoms with Crippen LogP contribution in [0, 0.1) is 13.8 Å². The highest BCUT2D eigenvalue weighted by Gasteiger charge is 2.41. The summed E-state index contributed by atoms with van der Waals surface area (Å²) in [6.45, 7) is 5.64. The van der Waals surface area contributed by atoms with Crippen LogP contribution < -0.4 is 14.4 Å². The van der Waals surface area contributed by atoms with Crippen LogP contribution in [-0.2, 0) is 14.8 Å². The zero-order valence-corrected chi connectivity index (χ0v) is 19.9. The van der Waals surface area contributed by atoms with Gasteiger partial charge in [-0.25, -0.2) is 8.42 Å². The van der Waals surface area contributed by atoms with E-state index in [2.05, 4.69) is 17.3 Å². The summed E-state index contributed by atoms with van der Waals surface area (Å²) < 4.78 is 34.1. The minimum atomic E-state index is -3.85. The summed E-state index contributed by atoms with van der Waals surface area (Å²) in [4.78, 5) is 15.7. The van der Waals surface area contributed by atoms with Crippen molar-refractivity contribution >= 4 is 21.6 Å². The van der Waals surface area contributed by atoms with Crippen molar-refractivity contribution in [1.82, 2.24) is 10.2 Å². The van der Waals surface area contributed by atoms with Gasteiger partial charge in [0.2, 0.25) is 5.91 Å². The molecule has 2 aromatic carbocycles. The second kappa shape index (κ2) is 8.75. The highest BCUT2D eigenvalue weighted by Crippen LogP contribution is 2.41. The number of hydrogen-bond donors (Lipinski definition) is 1. The number of likely N-dealkylation sites (tertiary alicyclic amines) is 1. The maximum atomic E-state index is 13.7. The minimum Gasteiger partial charge on any atom is -0.496 e. The summed E-state index contributed by atoms with van der Waals surface area (Å²) in [5.74, 6) is 0.0197. The van der Waals surface area contributed by atoms with Crippen molar-refractivity contribution in [1.29, 1.82) is 0 Å². The quantitative estimate of drug-likeness (QED) is 0.747. The maximum Gasteiger partial charge on any atom is 0.264 e. The summed E-state index contributed by atoms with van der Waals surface area (Å²) in [7, 11) is -0.196. The number of nitrogens with zero attached hydrogens (tertiary/aromatic N) is 2. The number of piperidine rings is 1. The third kappa shape index (κ3) is 3.97. The molecular weight excluding hydrogens is 426 g/mol. The lowest BCUT2D eigenvalue weighted by Crippen LogP contribution is -2.45. The Morgan fingerprint density at radius 1 is 1.06 bits per heavy atom. The molecule has 0 aliphatic carbocycles. The Balaban J connectivity index is 1.64. The lowest BCUT2D eigenvalue weighted by atomic mass is 9.98. The van der Waals surface area contributed by atoms with Crippen molar-refractivity contribution in [3.63, 3.8) is 0 Å². The molecule has 2 aromatic rings. The number of sulfonamides is 1. The SMILES string of the molecule is COc1ccc(S(=O)(=O)N2C[C@H](C(=O)NC3CCN(C)CC3)c3ccccc32)c(C)c1C. The van der Waals surface area contributed by atoms with E-state index in [4.69, 9.17) is 4.74 Å². The number of benzene rings is 2. The number of carbonyl (C=O) groups excluding carboxylic acids is 1. The van der Waals surface area contributed by atoms with E-state index < -0.39 is 15.9 Å². The largest absolute Gasteiger partial charge is 0.496 e. The fraction of sp³-hybridized carbons (Fsp3) is 0.458. The van der Waals surface area contributed by atoms with Gasteiger partial charge in [0.05, 0.1) is 30.2 Å². The first-order valence-corrected chi connectivity index (χ1v) is 12.4. The van der Waals surface area contributed by atoms with Gasteiger partial charge in [0.15, 0.2) is 0 Å². The van der Waals surface area contributed by atoms with Gasteiger partial charge in [0.25, 0.3) is 10.0 Å². The molecule has 32 heavy (non-hydrogen) atoms. The fourth-order valence-corrected chi connectivity index (χ4v) is 6.46. The van der Waals surface area contributed by atoms with Crippen LogP contribution in [0.15, 0.2) is 41.3 Å². The van der Waals surface area contributed by atoms with Gasteiger partial charge >= 0.3 is 0 Å². The van der Waals surface area contributed by atoms with Gasteiger partial charge in [-0.2, -0.15) is 0 Å². The van der Waals surface area contributed by atoms with Crippen molar-refractivity contribution in [3.8, 4) is 5.75 Å². The van der Waals surface area contributed by atoms with Crippen LogP contribution in [0.25, 0.3) is 0 Å². The van der Waals surface area contributed by atoms with E-state index in [0.717, 1.165) is 37.1 Å². The summed E-state index contributed by atoms with van der Waals surface area (Å²) in [5, 5.41) is 3.17. The number of methoxy groups -OCH3 is 1. The number of hydrogen-bond acceptors (Lipinski definition) is 5. The van der Waals surface area contributed by atoms with Crippen molar-refractivity contribution < 1.29 is 17.9 Å². The Bertz CT molecular complexity index is 1120. The van der Waals surface area contributed by atoms with E-state index in [-0.39, 0.29) is 23.4 Å². The van der Waals surface area contributed by atoms with Gasteiger partial charge in [0, 0.05) is 6.04 Å². The normalized spacial score (nSPS) is 19.6. The number of fused-ring (bicyclic) bond motifs is 1. The molecule has 1 N–H and O–H groups in total. The average Bonchev–Trinajstić information content (AvgIpc) is 3.18. The highest BCUT2D eigenvalue weighted by atomic mass is 32.2. The Morgan fingerprint density at radius 2 is 1.75 bits per heavy atom. The van der Waals surface area contributed by atoms with Crippen molar-refractivity contribution in [2.45, 2.75) is 43.5 Å². The molecule has 2 heterocycles. The first-order chi connectivity index (χ1) is 15.2. The highest BCUT2D eigenvalue weighted by molar-refractivity contribution is 7.93.